The number of rotatable bonds is 4. The molecule has 1 aromatic carbocycles. The lowest BCUT2D eigenvalue weighted by molar-refractivity contribution is -0.138. The Hall–Kier alpha value is -3.21. The quantitative estimate of drug-likeness (QED) is 0.527. The van der Waals surface area contributed by atoms with Crippen molar-refractivity contribution in [3.63, 3.8) is 0 Å². The van der Waals surface area contributed by atoms with Crippen LogP contribution in [0.2, 0.25) is 0 Å². The molecule has 3 aliphatic rings. The number of fused-ring (bicyclic) bond motifs is 1. The fourth-order valence-electron chi connectivity index (χ4n) is 3.84. The van der Waals surface area contributed by atoms with Crippen molar-refractivity contribution in [2.45, 2.75) is 37.9 Å². The third kappa shape index (κ3) is 4.01. The van der Waals surface area contributed by atoms with Crippen molar-refractivity contribution in [1.82, 2.24) is 20.2 Å². The summed E-state index contributed by atoms with van der Waals surface area (Å²) in [6.07, 6.45) is -2.93. The summed E-state index contributed by atoms with van der Waals surface area (Å²) in [5, 5.41) is 1.90. The lowest BCUT2D eigenvalue weighted by Crippen LogP contribution is -2.35. The summed E-state index contributed by atoms with van der Waals surface area (Å²) in [5.74, 6) is -2.48. The van der Waals surface area contributed by atoms with Crippen LogP contribution in [0.25, 0.3) is 0 Å². The third-order valence-corrected chi connectivity index (χ3v) is 5.96. The molecule has 1 aliphatic carbocycles. The molecule has 0 atom stereocenters. The minimum Gasteiger partial charge on any atom is -0.438 e. The van der Waals surface area contributed by atoms with Gasteiger partial charge in [-0.1, -0.05) is 11.6 Å². The molecule has 0 unspecified atom stereocenters. The molecule has 172 valence electrons. The average Bonchev–Trinajstić information content (AvgIpc) is 3.55. The van der Waals surface area contributed by atoms with Crippen LogP contribution in [0.4, 0.5) is 17.6 Å². The maximum Gasteiger partial charge on any atom is 0.420 e. The first-order valence-electron chi connectivity index (χ1n) is 10.1. The highest BCUT2D eigenvalue weighted by atomic mass is 35.5. The number of imide groups is 1. The van der Waals surface area contributed by atoms with E-state index in [1.807, 2.05) is 0 Å². The number of aromatic nitrogens is 2. The number of hydrogen-bond donors (Lipinski definition) is 1. The van der Waals surface area contributed by atoms with Crippen LogP contribution in [0.3, 0.4) is 0 Å². The van der Waals surface area contributed by atoms with Crippen molar-refractivity contribution in [3.05, 3.63) is 57.4 Å². The van der Waals surface area contributed by atoms with E-state index in [1.165, 1.54) is 0 Å². The molecule has 1 aromatic heterocycles. The zero-order valence-electron chi connectivity index (χ0n) is 16.8. The first-order valence-corrected chi connectivity index (χ1v) is 10.4. The SMILES string of the molecule is O=C1NC(=O)C(N2CCc3c(nc(C4CC4)nc3Oc3ccc(F)cc3C(F)(F)F)C2)=C1Cl. The molecule has 0 bridgehead atoms. The van der Waals surface area contributed by atoms with Gasteiger partial charge in [0.25, 0.3) is 11.8 Å². The normalized spacial score (nSPS) is 18.5. The second-order valence-corrected chi connectivity index (χ2v) is 8.32. The van der Waals surface area contributed by atoms with Crippen molar-refractivity contribution in [2.24, 2.45) is 0 Å². The van der Waals surface area contributed by atoms with Gasteiger partial charge in [-0.2, -0.15) is 18.2 Å². The Morgan fingerprint density at radius 1 is 1.15 bits per heavy atom. The van der Waals surface area contributed by atoms with E-state index in [2.05, 4.69) is 15.3 Å². The summed E-state index contributed by atoms with van der Waals surface area (Å²) in [6, 6.07) is 2.17. The number of hydrogen-bond acceptors (Lipinski definition) is 6. The van der Waals surface area contributed by atoms with Crippen LogP contribution in [0.1, 0.15) is 41.4 Å². The Morgan fingerprint density at radius 3 is 2.55 bits per heavy atom. The van der Waals surface area contributed by atoms with Gasteiger partial charge in [-0.05, 0) is 37.5 Å². The number of benzene rings is 1. The highest BCUT2D eigenvalue weighted by Crippen LogP contribution is 2.43. The van der Waals surface area contributed by atoms with Gasteiger partial charge in [-0.3, -0.25) is 14.9 Å². The number of alkyl halides is 3. The molecule has 33 heavy (non-hydrogen) atoms. The predicted molar refractivity (Wildman–Crippen MR) is 106 cm³/mol. The van der Waals surface area contributed by atoms with Crippen molar-refractivity contribution >= 4 is 23.4 Å². The molecule has 3 heterocycles. The monoisotopic (exact) mass is 482 g/mol. The van der Waals surface area contributed by atoms with E-state index >= 15 is 0 Å². The minimum atomic E-state index is -4.83. The third-order valence-electron chi connectivity index (χ3n) is 5.61. The lowest BCUT2D eigenvalue weighted by atomic mass is 10.0. The van der Waals surface area contributed by atoms with E-state index in [0.717, 1.165) is 25.0 Å². The molecular weight excluding hydrogens is 468 g/mol. The average molecular weight is 483 g/mol. The molecule has 0 spiro atoms. The Bertz CT molecular complexity index is 1230. The molecule has 5 rings (SSSR count). The van der Waals surface area contributed by atoms with Crippen molar-refractivity contribution in [1.29, 1.82) is 0 Å². The second-order valence-electron chi connectivity index (χ2n) is 7.94. The van der Waals surface area contributed by atoms with E-state index in [0.29, 0.717) is 23.1 Å². The van der Waals surface area contributed by atoms with Crippen LogP contribution < -0.4 is 10.1 Å². The second kappa shape index (κ2) is 7.68. The molecule has 7 nitrogen and oxygen atoms in total. The summed E-state index contributed by atoms with van der Waals surface area (Å²) in [7, 11) is 0. The fourth-order valence-corrected chi connectivity index (χ4v) is 4.09. The zero-order valence-corrected chi connectivity index (χ0v) is 17.6. The molecule has 12 heteroatoms. The number of halogens is 5. The number of ether oxygens (including phenoxy) is 1. The molecule has 2 amide bonds. The molecule has 1 fully saturated rings. The van der Waals surface area contributed by atoms with Crippen molar-refractivity contribution in [2.75, 3.05) is 6.54 Å². The highest BCUT2D eigenvalue weighted by Gasteiger charge is 2.38. The van der Waals surface area contributed by atoms with Crippen LogP contribution in [0.5, 0.6) is 11.6 Å². The summed E-state index contributed by atoms with van der Waals surface area (Å²) < 4.78 is 59.4. The van der Waals surface area contributed by atoms with Gasteiger partial charge >= 0.3 is 6.18 Å². The van der Waals surface area contributed by atoms with Crippen LogP contribution in [0.15, 0.2) is 28.9 Å². The van der Waals surface area contributed by atoms with Crippen LogP contribution in [-0.2, 0) is 28.7 Å². The van der Waals surface area contributed by atoms with E-state index < -0.39 is 35.1 Å². The number of nitrogens with zero attached hydrogens (tertiary/aromatic N) is 3. The maximum atomic E-state index is 13.5. The molecule has 2 aromatic rings. The molecule has 1 saturated carbocycles. The van der Waals surface area contributed by atoms with Gasteiger partial charge in [-0.25, -0.2) is 9.37 Å². The van der Waals surface area contributed by atoms with E-state index in [4.69, 9.17) is 16.3 Å². The van der Waals surface area contributed by atoms with E-state index in [9.17, 15) is 27.2 Å². The van der Waals surface area contributed by atoms with E-state index in [-0.39, 0.29) is 42.0 Å². The van der Waals surface area contributed by atoms with Gasteiger partial charge in [0, 0.05) is 18.0 Å². The van der Waals surface area contributed by atoms with Crippen molar-refractivity contribution in [3.8, 4) is 11.6 Å². The molecular formula is C21H15ClF4N4O3. The van der Waals surface area contributed by atoms with Gasteiger partial charge in [-0.15, -0.1) is 0 Å². The van der Waals surface area contributed by atoms with Gasteiger partial charge in [0.15, 0.2) is 0 Å². The number of carbonyl (C=O) groups is 2. The molecule has 2 aliphatic heterocycles. The van der Waals surface area contributed by atoms with Gasteiger partial charge < -0.3 is 9.64 Å². The van der Waals surface area contributed by atoms with Crippen LogP contribution in [-0.4, -0.2) is 33.2 Å². The summed E-state index contributed by atoms with van der Waals surface area (Å²) in [4.78, 5) is 34.4. The topological polar surface area (TPSA) is 84.4 Å². The van der Waals surface area contributed by atoms with Crippen LogP contribution in [0, 0.1) is 5.82 Å². The largest absolute Gasteiger partial charge is 0.438 e. The Morgan fingerprint density at radius 2 is 1.91 bits per heavy atom. The Balaban J connectivity index is 1.54. The molecule has 1 N–H and O–H groups in total. The summed E-state index contributed by atoms with van der Waals surface area (Å²) in [5.41, 5.74) is -0.278. The Kier molecular flexibility index (Phi) is 5.04. The summed E-state index contributed by atoms with van der Waals surface area (Å²) >= 11 is 6.00. The maximum absolute atomic E-state index is 13.5. The highest BCUT2D eigenvalue weighted by molar-refractivity contribution is 6.47. The molecule has 0 saturated heterocycles. The predicted octanol–water partition coefficient (Wildman–Crippen LogP) is 3.77. The lowest BCUT2D eigenvalue weighted by Gasteiger charge is -2.30. The first-order chi connectivity index (χ1) is 15.6. The standard InChI is InChI=1S/C21H15ClF4N4O3/c22-15-16(19(32)29-18(15)31)30-6-5-11-13(8-30)27-17(9-1-2-9)28-20(11)33-14-4-3-10(23)7-12(14)21(24,25)26/h3-4,7,9H,1-2,5-6,8H2,(H,29,31,32). The summed E-state index contributed by atoms with van der Waals surface area (Å²) in [6.45, 7) is 0.326. The number of nitrogens with one attached hydrogen (secondary N) is 1. The number of carbonyl (C=O) groups excluding carboxylic acids is 2. The van der Waals surface area contributed by atoms with Gasteiger partial charge in [0.05, 0.1) is 12.2 Å². The van der Waals surface area contributed by atoms with Crippen LogP contribution >= 0.6 is 11.6 Å². The Labute approximate surface area is 189 Å². The number of amides is 2. The zero-order chi connectivity index (χ0) is 23.5. The minimum absolute atomic E-state index is 0.0271. The molecule has 0 radical (unpaired) electrons. The first kappa shape index (κ1) is 21.6. The van der Waals surface area contributed by atoms with Crippen molar-refractivity contribution < 1.29 is 31.9 Å². The van der Waals surface area contributed by atoms with Gasteiger partial charge in [0.1, 0.15) is 33.7 Å². The fraction of sp³-hybridized carbons (Fsp3) is 0.333. The smallest absolute Gasteiger partial charge is 0.420 e. The van der Waals surface area contributed by atoms with E-state index in [1.54, 1.807) is 4.90 Å². The van der Waals surface area contributed by atoms with Gasteiger partial charge in [0.2, 0.25) is 5.88 Å².